The molecule has 0 radical (unpaired) electrons. The summed E-state index contributed by atoms with van der Waals surface area (Å²) in [5.41, 5.74) is 3.15. The number of nitrogens with zero attached hydrogens (tertiary/aromatic N) is 2. The third-order valence-corrected chi connectivity index (χ3v) is 2.85. The quantitative estimate of drug-likeness (QED) is 0.296. The van der Waals surface area contributed by atoms with E-state index in [0.29, 0.717) is 31.3 Å². The smallest absolute Gasteiger partial charge is 0.267 e. The standard InChI is InChI=1S/C16H18N4O3/c21-16(20-22)7-6-14-10-19-15(11-18-14)17-8-9-23-12-13-4-2-1-3-5-13/h1-7,10-11,22H,8-9,12H2,(H,17,19)(H,20,21)/b7-6+. The van der Waals surface area contributed by atoms with Crippen LogP contribution in [0.15, 0.2) is 48.8 Å². The van der Waals surface area contributed by atoms with E-state index in [1.165, 1.54) is 17.8 Å². The number of carbonyl (C=O) groups is 1. The molecule has 0 aliphatic heterocycles. The van der Waals surface area contributed by atoms with E-state index in [2.05, 4.69) is 15.3 Å². The monoisotopic (exact) mass is 314 g/mol. The van der Waals surface area contributed by atoms with Gasteiger partial charge in [-0.05, 0) is 11.6 Å². The number of rotatable bonds is 8. The number of hydroxylamine groups is 1. The van der Waals surface area contributed by atoms with Crippen molar-refractivity contribution in [3.05, 3.63) is 60.1 Å². The van der Waals surface area contributed by atoms with Crippen LogP contribution in [-0.4, -0.2) is 34.2 Å². The second-order valence-corrected chi connectivity index (χ2v) is 4.60. The summed E-state index contributed by atoms with van der Waals surface area (Å²) >= 11 is 0. The molecule has 0 aliphatic carbocycles. The Kier molecular flexibility index (Phi) is 6.70. The molecule has 0 saturated carbocycles. The van der Waals surface area contributed by atoms with E-state index in [9.17, 15) is 4.79 Å². The van der Waals surface area contributed by atoms with Crippen molar-refractivity contribution in [2.45, 2.75) is 6.61 Å². The molecule has 7 nitrogen and oxygen atoms in total. The van der Waals surface area contributed by atoms with Crippen LogP contribution in [0.4, 0.5) is 5.82 Å². The Morgan fingerprint density at radius 2 is 2.04 bits per heavy atom. The van der Waals surface area contributed by atoms with E-state index in [1.54, 1.807) is 6.20 Å². The van der Waals surface area contributed by atoms with Gasteiger partial charge < -0.3 is 10.1 Å². The molecule has 1 heterocycles. The summed E-state index contributed by atoms with van der Waals surface area (Å²) in [6.07, 6.45) is 5.70. The third kappa shape index (κ3) is 6.25. The summed E-state index contributed by atoms with van der Waals surface area (Å²) < 4.78 is 5.55. The Morgan fingerprint density at radius 3 is 2.74 bits per heavy atom. The van der Waals surface area contributed by atoms with E-state index in [1.807, 2.05) is 30.3 Å². The first-order valence-corrected chi connectivity index (χ1v) is 7.07. The van der Waals surface area contributed by atoms with Gasteiger partial charge in [-0.25, -0.2) is 10.5 Å². The van der Waals surface area contributed by atoms with Crippen molar-refractivity contribution in [3.8, 4) is 0 Å². The van der Waals surface area contributed by atoms with Crippen molar-refractivity contribution in [1.82, 2.24) is 15.4 Å². The number of nitrogens with one attached hydrogen (secondary N) is 2. The maximum Gasteiger partial charge on any atom is 0.267 e. The average molecular weight is 314 g/mol. The predicted molar refractivity (Wildman–Crippen MR) is 85.6 cm³/mol. The molecule has 0 saturated heterocycles. The normalized spacial score (nSPS) is 10.7. The van der Waals surface area contributed by atoms with E-state index in [4.69, 9.17) is 9.94 Å². The number of benzene rings is 1. The molecule has 1 aromatic heterocycles. The number of anilines is 1. The summed E-state index contributed by atoms with van der Waals surface area (Å²) in [4.78, 5) is 19.1. The minimum Gasteiger partial charge on any atom is -0.375 e. The van der Waals surface area contributed by atoms with Gasteiger partial charge in [0.1, 0.15) is 5.82 Å². The van der Waals surface area contributed by atoms with Crippen molar-refractivity contribution in [2.24, 2.45) is 0 Å². The molecule has 0 atom stereocenters. The SMILES string of the molecule is O=C(/C=C/c1cnc(NCCOCc2ccccc2)cn1)NO. The van der Waals surface area contributed by atoms with Gasteiger partial charge in [-0.15, -0.1) is 0 Å². The first-order chi connectivity index (χ1) is 11.3. The van der Waals surface area contributed by atoms with Gasteiger partial charge in [0.25, 0.3) is 5.91 Å². The largest absolute Gasteiger partial charge is 0.375 e. The Morgan fingerprint density at radius 1 is 1.22 bits per heavy atom. The number of amides is 1. The molecule has 2 rings (SSSR count). The van der Waals surface area contributed by atoms with Gasteiger partial charge in [0.05, 0.1) is 31.3 Å². The van der Waals surface area contributed by atoms with Crippen LogP contribution in [0.3, 0.4) is 0 Å². The number of hydrogen-bond donors (Lipinski definition) is 3. The van der Waals surface area contributed by atoms with Gasteiger partial charge in [0.2, 0.25) is 0 Å². The fraction of sp³-hybridized carbons (Fsp3) is 0.188. The van der Waals surface area contributed by atoms with Crippen molar-refractivity contribution in [1.29, 1.82) is 0 Å². The molecular weight excluding hydrogens is 296 g/mol. The fourth-order valence-corrected chi connectivity index (χ4v) is 1.73. The minimum atomic E-state index is -0.621. The summed E-state index contributed by atoms with van der Waals surface area (Å²) in [5, 5.41) is 11.5. The van der Waals surface area contributed by atoms with Crippen molar-refractivity contribution >= 4 is 17.8 Å². The van der Waals surface area contributed by atoms with Crippen LogP contribution in [0.25, 0.3) is 6.08 Å². The molecule has 1 aromatic carbocycles. The lowest BCUT2D eigenvalue weighted by molar-refractivity contribution is -0.124. The Bertz CT molecular complexity index is 630. The van der Waals surface area contributed by atoms with E-state index < -0.39 is 5.91 Å². The zero-order valence-electron chi connectivity index (χ0n) is 12.5. The molecule has 0 unspecified atom stereocenters. The second-order valence-electron chi connectivity index (χ2n) is 4.60. The molecule has 0 aliphatic rings. The highest BCUT2D eigenvalue weighted by molar-refractivity contribution is 5.90. The van der Waals surface area contributed by atoms with E-state index >= 15 is 0 Å². The minimum absolute atomic E-state index is 0.513. The van der Waals surface area contributed by atoms with Gasteiger partial charge in [-0.2, -0.15) is 0 Å². The number of hydrogen-bond acceptors (Lipinski definition) is 6. The lowest BCUT2D eigenvalue weighted by Crippen LogP contribution is -2.14. The Balaban J connectivity index is 1.68. The molecule has 2 aromatic rings. The molecule has 120 valence electrons. The first-order valence-electron chi connectivity index (χ1n) is 7.07. The first kappa shape index (κ1) is 16.6. The molecule has 23 heavy (non-hydrogen) atoms. The number of carbonyl (C=O) groups excluding carboxylic acids is 1. The molecule has 1 amide bonds. The summed E-state index contributed by atoms with van der Waals surface area (Å²) in [5.74, 6) is 0.00152. The lowest BCUT2D eigenvalue weighted by atomic mass is 10.2. The summed E-state index contributed by atoms with van der Waals surface area (Å²) in [7, 11) is 0. The lowest BCUT2D eigenvalue weighted by Gasteiger charge is -2.06. The van der Waals surface area contributed by atoms with Gasteiger partial charge in [-0.3, -0.25) is 15.0 Å². The maximum atomic E-state index is 10.8. The van der Waals surface area contributed by atoms with Crippen molar-refractivity contribution < 1.29 is 14.7 Å². The zero-order chi connectivity index (χ0) is 16.3. The number of aromatic nitrogens is 2. The highest BCUT2D eigenvalue weighted by Gasteiger charge is 1.97. The van der Waals surface area contributed by atoms with Gasteiger partial charge in [0, 0.05) is 12.6 Å². The second kappa shape index (κ2) is 9.29. The fourth-order valence-electron chi connectivity index (χ4n) is 1.73. The average Bonchev–Trinajstić information content (AvgIpc) is 2.61. The molecule has 0 bridgehead atoms. The van der Waals surface area contributed by atoms with Crippen LogP contribution in [0, 0.1) is 0 Å². The zero-order valence-corrected chi connectivity index (χ0v) is 12.5. The Hall–Kier alpha value is -2.77. The van der Waals surface area contributed by atoms with Crippen LogP contribution in [-0.2, 0) is 16.1 Å². The van der Waals surface area contributed by atoms with Crippen LogP contribution in [0.5, 0.6) is 0 Å². The van der Waals surface area contributed by atoms with Crippen molar-refractivity contribution in [3.63, 3.8) is 0 Å². The third-order valence-electron chi connectivity index (χ3n) is 2.85. The number of ether oxygens (including phenoxy) is 1. The van der Waals surface area contributed by atoms with Crippen molar-refractivity contribution in [2.75, 3.05) is 18.5 Å². The molecule has 7 heteroatoms. The van der Waals surface area contributed by atoms with Crippen LogP contribution in [0.2, 0.25) is 0 Å². The molecular formula is C16H18N4O3. The summed E-state index contributed by atoms with van der Waals surface area (Å²) in [6, 6.07) is 9.96. The summed E-state index contributed by atoms with van der Waals surface area (Å²) in [6.45, 7) is 1.74. The Labute approximate surface area is 134 Å². The predicted octanol–water partition coefficient (Wildman–Crippen LogP) is 1.62. The topological polar surface area (TPSA) is 96.4 Å². The molecule has 0 fully saturated rings. The van der Waals surface area contributed by atoms with Gasteiger partial charge in [0.15, 0.2) is 0 Å². The highest BCUT2D eigenvalue weighted by Crippen LogP contribution is 2.03. The van der Waals surface area contributed by atoms with Gasteiger partial charge in [-0.1, -0.05) is 30.3 Å². The molecule has 3 N–H and O–H groups in total. The van der Waals surface area contributed by atoms with E-state index in [-0.39, 0.29) is 0 Å². The van der Waals surface area contributed by atoms with Crippen LogP contribution in [0.1, 0.15) is 11.3 Å². The maximum absolute atomic E-state index is 10.8. The van der Waals surface area contributed by atoms with Crippen LogP contribution >= 0.6 is 0 Å². The van der Waals surface area contributed by atoms with Gasteiger partial charge >= 0.3 is 0 Å². The van der Waals surface area contributed by atoms with E-state index in [0.717, 1.165) is 11.6 Å². The highest BCUT2D eigenvalue weighted by atomic mass is 16.5. The van der Waals surface area contributed by atoms with Crippen LogP contribution < -0.4 is 10.8 Å². The molecule has 0 spiro atoms.